The van der Waals surface area contributed by atoms with Crippen LogP contribution in [0.15, 0.2) is 52.7 Å². The van der Waals surface area contributed by atoms with Crippen LogP contribution in [0.3, 0.4) is 0 Å². The molecule has 2 rings (SSSR count). The molecule has 0 saturated heterocycles. The Hall–Kier alpha value is -1.10. The van der Waals surface area contributed by atoms with E-state index in [9.17, 15) is 5.11 Å². The molecule has 0 aliphatic heterocycles. The Labute approximate surface area is 115 Å². The Morgan fingerprint density at radius 2 is 2.06 bits per heavy atom. The van der Waals surface area contributed by atoms with E-state index in [1.165, 1.54) is 0 Å². The van der Waals surface area contributed by atoms with E-state index in [-0.39, 0.29) is 0 Å². The minimum Gasteiger partial charge on any atom is -0.500 e. The lowest BCUT2D eigenvalue weighted by molar-refractivity contribution is -0.178. The molecule has 3 nitrogen and oxygen atoms in total. The molecule has 1 aliphatic rings. The van der Waals surface area contributed by atoms with Gasteiger partial charge in [-0.1, -0.05) is 30.3 Å². The van der Waals surface area contributed by atoms with Crippen LogP contribution in [-0.2, 0) is 16.1 Å². The van der Waals surface area contributed by atoms with Gasteiger partial charge in [0.1, 0.15) is 5.76 Å². The van der Waals surface area contributed by atoms with Gasteiger partial charge in [-0.3, -0.25) is 0 Å². The van der Waals surface area contributed by atoms with Gasteiger partial charge in [0.05, 0.1) is 24.6 Å². The summed E-state index contributed by atoms with van der Waals surface area (Å²) < 4.78 is 11.6. The molecule has 0 fully saturated rings. The van der Waals surface area contributed by atoms with E-state index in [1.54, 1.807) is 19.3 Å². The fourth-order valence-electron chi connectivity index (χ4n) is 1.72. The van der Waals surface area contributed by atoms with Gasteiger partial charge < -0.3 is 14.6 Å². The zero-order chi connectivity index (χ0) is 13.0. The first-order valence-electron chi connectivity index (χ1n) is 5.65. The van der Waals surface area contributed by atoms with E-state index in [0.717, 1.165) is 10.0 Å². The first-order valence-corrected chi connectivity index (χ1v) is 6.44. The average molecular weight is 311 g/mol. The molecule has 0 unspecified atom stereocenters. The molecule has 1 N–H and O–H groups in total. The van der Waals surface area contributed by atoms with E-state index in [4.69, 9.17) is 9.47 Å². The zero-order valence-electron chi connectivity index (χ0n) is 10.1. The quantitative estimate of drug-likeness (QED) is 0.869. The SMILES string of the molecule is COC1=C(Br)C=C[C@](O)(OCc2ccccc2)C1. The monoisotopic (exact) mass is 310 g/mol. The summed E-state index contributed by atoms with van der Waals surface area (Å²) in [4.78, 5) is 0. The summed E-state index contributed by atoms with van der Waals surface area (Å²) in [5, 5.41) is 10.3. The largest absolute Gasteiger partial charge is 0.500 e. The highest BCUT2D eigenvalue weighted by molar-refractivity contribution is 9.11. The second-order valence-electron chi connectivity index (χ2n) is 4.10. The molecule has 1 atom stereocenters. The van der Waals surface area contributed by atoms with Gasteiger partial charge in [0.15, 0.2) is 5.79 Å². The number of hydrogen-bond donors (Lipinski definition) is 1. The van der Waals surface area contributed by atoms with Gasteiger partial charge in [-0.25, -0.2) is 0 Å². The number of hydrogen-bond acceptors (Lipinski definition) is 3. The zero-order valence-corrected chi connectivity index (χ0v) is 11.7. The Morgan fingerprint density at radius 3 is 2.72 bits per heavy atom. The van der Waals surface area contributed by atoms with Crippen molar-refractivity contribution >= 4 is 15.9 Å². The number of methoxy groups -OCH3 is 1. The van der Waals surface area contributed by atoms with Crippen LogP contribution >= 0.6 is 15.9 Å². The van der Waals surface area contributed by atoms with E-state index in [1.807, 2.05) is 30.3 Å². The average Bonchev–Trinajstić information content (AvgIpc) is 2.41. The first-order chi connectivity index (χ1) is 8.63. The minimum atomic E-state index is -1.31. The number of aliphatic hydroxyl groups is 1. The molecule has 0 saturated carbocycles. The fraction of sp³-hybridized carbons (Fsp3) is 0.286. The molecule has 1 aromatic carbocycles. The van der Waals surface area contributed by atoms with Gasteiger partial charge in [0.25, 0.3) is 0 Å². The van der Waals surface area contributed by atoms with Crippen molar-refractivity contribution < 1.29 is 14.6 Å². The summed E-state index contributed by atoms with van der Waals surface area (Å²) in [6.45, 7) is 0.357. The van der Waals surface area contributed by atoms with Crippen LogP contribution in [0, 0.1) is 0 Å². The number of allylic oxidation sites excluding steroid dienone is 2. The molecule has 1 aliphatic carbocycles. The molecule has 96 valence electrons. The highest BCUT2D eigenvalue weighted by atomic mass is 79.9. The third-order valence-corrected chi connectivity index (χ3v) is 3.45. The van der Waals surface area contributed by atoms with Crippen molar-refractivity contribution in [2.75, 3.05) is 7.11 Å². The van der Waals surface area contributed by atoms with Crippen molar-refractivity contribution in [3.8, 4) is 0 Å². The van der Waals surface area contributed by atoms with Crippen LogP contribution in [0.2, 0.25) is 0 Å². The maximum absolute atomic E-state index is 10.3. The smallest absolute Gasteiger partial charge is 0.193 e. The summed E-state index contributed by atoms with van der Waals surface area (Å²) in [5.74, 6) is -0.633. The summed E-state index contributed by atoms with van der Waals surface area (Å²) in [6, 6.07) is 9.74. The highest BCUT2D eigenvalue weighted by Gasteiger charge is 2.30. The Morgan fingerprint density at radius 1 is 1.33 bits per heavy atom. The van der Waals surface area contributed by atoms with E-state index in [0.29, 0.717) is 18.8 Å². The van der Waals surface area contributed by atoms with Crippen molar-refractivity contribution in [3.63, 3.8) is 0 Å². The highest BCUT2D eigenvalue weighted by Crippen LogP contribution is 2.31. The summed E-state index contributed by atoms with van der Waals surface area (Å²) >= 11 is 3.36. The lowest BCUT2D eigenvalue weighted by Gasteiger charge is -2.28. The second-order valence-corrected chi connectivity index (χ2v) is 4.96. The first kappa shape index (κ1) is 13.3. The van der Waals surface area contributed by atoms with Crippen molar-refractivity contribution in [1.29, 1.82) is 0 Å². The van der Waals surface area contributed by atoms with Crippen LogP contribution in [0.5, 0.6) is 0 Å². The Bertz CT molecular complexity index is 467. The molecule has 0 spiro atoms. The third kappa shape index (κ3) is 3.22. The Balaban J connectivity index is 2.00. The van der Waals surface area contributed by atoms with Crippen molar-refractivity contribution in [2.45, 2.75) is 18.8 Å². The third-order valence-electron chi connectivity index (χ3n) is 2.75. The Kier molecular flexibility index (Phi) is 4.22. The van der Waals surface area contributed by atoms with E-state index in [2.05, 4.69) is 15.9 Å². The maximum atomic E-state index is 10.3. The lowest BCUT2D eigenvalue weighted by Crippen LogP contribution is -2.32. The van der Waals surface area contributed by atoms with Crippen LogP contribution in [0.25, 0.3) is 0 Å². The molecular weight excluding hydrogens is 296 g/mol. The van der Waals surface area contributed by atoms with E-state index >= 15 is 0 Å². The van der Waals surface area contributed by atoms with Gasteiger partial charge in [-0.15, -0.1) is 0 Å². The molecule has 18 heavy (non-hydrogen) atoms. The van der Waals surface area contributed by atoms with Crippen molar-refractivity contribution in [3.05, 3.63) is 58.3 Å². The van der Waals surface area contributed by atoms with Gasteiger partial charge in [-0.05, 0) is 33.6 Å². The van der Waals surface area contributed by atoms with Crippen LogP contribution < -0.4 is 0 Å². The molecule has 4 heteroatoms. The number of benzene rings is 1. The van der Waals surface area contributed by atoms with E-state index < -0.39 is 5.79 Å². The molecule has 1 aromatic rings. The fourth-order valence-corrected chi connectivity index (χ4v) is 2.16. The van der Waals surface area contributed by atoms with Crippen LogP contribution in [0.1, 0.15) is 12.0 Å². The molecular formula is C14H15BrO3. The number of ether oxygens (including phenoxy) is 2. The van der Waals surface area contributed by atoms with Crippen molar-refractivity contribution in [1.82, 2.24) is 0 Å². The molecule has 0 heterocycles. The predicted octanol–water partition coefficient (Wildman–Crippen LogP) is 3.10. The maximum Gasteiger partial charge on any atom is 0.193 e. The number of halogens is 1. The van der Waals surface area contributed by atoms with Gasteiger partial charge in [-0.2, -0.15) is 0 Å². The van der Waals surface area contributed by atoms with Gasteiger partial charge >= 0.3 is 0 Å². The van der Waals surface area contributed by atoms with Gasteiger partial charge in [0.2, 0.25) is 0 Å². The summed E-state index contributed by atoms with van der Waals surface area (Å²) in [6.07, 6.45) is 3.67. The lowest BCUT2D eigenvalue weighted by atomic mass is 10.1. The normalized spacial score (nSPS) is 23.3. The van der Waals surface area contributed by atoms with Gasteiger partial charge in [0, 0.05) is 0 Å². The molecule has 0 radical (unpaired) electrons. The second kappa shape index (κ2) is 5.69. The van der Waals surface area contributed by atoms with Crippen LogP contribution in [0.4, 0.5) is 0 Å². The topological polar surface area (TPSA) is 38.7 Å². The number of rotatable bonds is 4. The minimum absolute atomic E-state index is 0.299. The summed E-state index contributed by atoms with van der Waals surface area (Å²) in [5.41, 5.74) is 1.02. The molecule has 0 aromatic heterocycles. The van der Waals surface area contributed by atoms with Crippen molar-refractivity contribution in [2.24, 2.45) is 0 Å². The van der Waals surface area contributed by atoms with Crippen LogP contribution in [-0.4, -0.2) is 18.0 Å². The predicted molar refractivity (Wildman–Crippen MR) is 72.9 cm³/mol. The standard InChI is InChI=1S/C14H15BrO3/c1-17-13-9-14(16,8-7-12(13)15)18-10-11-5-3-2-4-6-11/h2-8,16H,9-10H2,1H3/t14-/m0/s1. The molecule has 0 bridgehead atoms. The molecule has 0 amide bonds. The summed E-state index contributed by atoms with van der Waals surface area (Å²) in [7, 11) is 1.58.